The van der Waals surface area contributed by atoms with Crippen LogP contribution >= 0.6 is 22.6 Å². The molecule has 0 aliphatic carbocycles. The average Bonchev–Trinajstić information content (AvgIpc) is 2.42. The Balaban J connectivity index is 2.11. The second-order valence-corrected chi connectivity index (χ2v) is 4.72. The Hall–Kier alpha value is 0.200. The summed E-state index contributed by atoms with van der Waals surface area (Å²) >= 11 is 2.41. The number of alkyl halides is 1. The van der Waals surface area contributed by atoms with Crippen molar-refractivity contribution in [1.82, 2.24) is 0 Å². The maximum absolute atomic E-state index is 5.94. The fourth-order valence-corrected chi connectivity index (χ4v) is 2.33. The maximum Gasteiger partial charge on any atom is 0.337 e. The van der Waals surface area contributed by atoms with Crippen LogP contribution in [0, 0.1) is 0 Å². The van der Waals surface area contributed by atoms with Gasteiger partial charge in [0.1, 0.15) is 6.54 Å². The quantitative estimate of drug-likeness (QED) is 0.405. The Bertz CT molecular complexity index is 207. The molecule has 1 unspecified atom stereocenters. The molecule has 3 heteroatoms. The molecule has 0 bridgehead atoms. The first-order chi connectivity index (χ1) is 5.73. The monoisotopic (exact) mass is 280 g/mol. The number of hydrogen-bond donors (Lipinski definition) is 0. The molecule has 0 saturated carbocycles. The Morgan fingerprint density at radius 1 is 1.58 bits per heavy atom. The van der Waals surface area contributed by atoms with Crippen molar-refractivity contribution in [1.29, 1.82) is 0 Å². The molecule has 0 aromatic carbocycles. The Kier molecular flexibility index (Phi) is 2.31. The second-order valence-electron chi connectivity index (χ2n) is 3.96. The molecule has 0 radical (unpaired) electrons. The van der Waals surface area contributed by atoms with Crippen LogP contribution in [0.15, 0.2) is 0 Å². The van der Waals surface area contributed by atoms with Crippen molar-refractivity contribution in [2.75, 3.05) is 17.5 Å². The minimum Gasteiger partial charge on any atom is -0.434 e. The highest BCUT2D eigenvalue weighted by atomic mass is 127. The Morgan fingerprint density at radius 3 is 3.08 bits per heavy atom. The van der Waals surface area contributed by atoms with Gasteiger partial charge < -0.3 is 4.74 Å². The topological polar surface area (TPSA) is 12.2 Å². The molecule has 2 aliphatic rings. The highest BCUT2D eigenvalue weighted by Crippen LogP contribution is 2.25. The minimum absolute atomic E-state index is 0.0975. The van der Waals surface area contributed by atoms with E-state index < -0.39 is 0 Å². The molecule has 0 saturated heterocycles. The fourth-order valence-electron chi connectivity index (χ4n) is 1.93. The predicted molar refractivity (Wildman–Crippen MR) is 57.2 cm³/mol. The number of halogens is 1. The Labute approximate surface area is 87.1 Å². The molecular weight excluding hydrogens is 265 g/mol. The van der Waals surface area contributed by atoms with Crippen molar-refractivity contribution < 1.29 is 9.31 Å². The van der Waals surface area contributed by atoms with E-state index in [9.17, 15) is 0 Å². The van der Waals surface area contributed by atoms with Crippen LogP contribution in [0.2, 0.25) is 0 Å². The van der Waals surface area contributed by atoms with Gasteiger partial charge in [0.25, 0.3) is 0 Å². The third-order valence-corrected chi connectivity index (χ3v) is 4.21. The lowest BCUT2D eigenvalue weighted by Crippen LogP contribution is -2.33. The SMILES string of the molecule is CC1(CI)C[N+]2=C(CCCC2)O1. The molecule has 12 heavy (non-hydrogen) atoms. The van der Waals surface area contributed by atoms with Gasteiger partial charge in [0.05, 0.1) is 6.42 Å². The van der Waals surface area contributed by atoms with Gasteiger partial charge in [0.2, 0.25) is 0 Å². The van der Waals surface area contributed by atoms with Crippen LogP contribution in [0.1, 0.15) is 26.2 Å². The lowest BCUT2D eigenvalue weighted by atomic mass is 10.1. The van der Waals surface area contributed by atoms with E-state index in [4.69, 9.17) is 4.74 Å². The summed E-state index contributed by atoms with van der Waals surface area (Å²) in [6.07, 6.45) is 3.81. The van der Waals surface area contributed by atoms with Crippen LogP contribution in [0.25, 0.3) is 0 Å². The minimum atomic E-state index is 0.0975. The van der Waals surface area contributed by atoms with Gasteiger partial charge in [-0.15, -0.1) is 0 Å². The summed E-state index contributed by atoms with van der Waals surface area (Å²) in [5.74, 6) is 1.25. The summed E-state index contributed by atoms with van der Waals surface area (Å²) in [6, 6.07) is 0. The van der Waals surface area contributed by atoms with E-state index in [0.717, 1.165) is 17.4 Å². The van der Waals surface area contributed by atoms with Crippen LogP contribution in [0.5, 0.6) is 0 Å². The highest BCUT2D eigenvalue weighted by molar-refractivity contribution is 14.1. The number of hydrogen-bond acceptors (Lipinski definition) is 1. The molecule has 2 nitrogen and oxygen atoms in total. The zero-order valence-corrected chi connectivity index (χ0v) is 9.63. The van der Waals surface area contributed by atoms with E-state index >= 15 is 0 Å². The molecule has 0 N–H and O–H groups in total. The van der Waals surface area contributed by atoms with Crippen LogP contribution in [-0.2, 0) is 4.74 Å². The summed E-state index contributed by atoms with van der Waals surface area (Å²) in [5.41, 5.74) is 0.0975. The van der Waals surface area contributed by atoms with Crippen molar-refractivity contribution in [2.24, 2.45) is 0 Å². The summed E-state index contributed by atoms with van der Waals surface area (Å²) < 4.78 is 9.44. The highest BCUT2D eigenvalue weighted by Gasteiger charge is 2.42. The van der Waals surface area contributed by atoms with Crippen LogP contribution in [0.3, 0.4) is 0 Å². The van der Waals surface area contributed by atoms with E-state index in [1.807, 2.05) is 0 Å². The molecule has 0 amide bonds. The predicted octanol–water partition coefficient (Wildman–Crippen LogP) is 1.81. The van der Waals surface area contributed by atoms with Crippen molar-refractivity contribution in [3.8, 4) is 0 Å². The molecular formula is C9H15INO+. The van der Waals surface area contributed by atoms with Crippen LogP contribution in [0.4, 0.5) is 0 Å². The molecule has 0 spiro atoms. The molecule has 0 aromatic heterocycles. The van der Waals surface area contributed by atoms with Gasteiger partial charge in [-0.25, -0.2) is 0 Å². The number of ether oxygens (including phenoxy) is 1. The normalized spacial score (nSPS) is 34.8. The number of nitrogens with zero attached hydrogens (tertiary/aromatic N) is 1. The molecule has 2 aliphatic heterocycles. The maximum atomic E-state index is 5.94. The van der Waals surface area contributed by atoms with E-state index in [-0.39, 0.29) is 5.60 Å². The van der Waals surface area contributed by atoms with Gasteiger partial charge in [-0.2, -0.15) is 4.58 Å². The van der Waals surface area contributed by atoms with E-state index in [1.165, 1.54) is 25.3 Å². The van der Waals surface area contributed by atoms with Crippen LogP contribution in [-0.4, -0.2) is 33.6 Å². The largest absolute Gasteiger partial charge is 0.434 e. The fraction of sp³-hybridized carbons (Fsp3) is 0.889. The smallest absolute Gasteiger partial charge is 0.337 e. The lowest BCUT2D eigenvalue weighted by molar-refractivity contribution is -0.529. The Morgan fingerprint density at radius 2 is 2.42 bits per heavy atom. The summed E-state index contributed by atoms with van der Waals surface area (Å²) in [7, 11) is 0. The summed E-state index contributed by atoms with van der Waals surface area (Å²) in [5, 5.41) is 0. The van der Waals surface area contributed by atoms with Gasteiger partial charge >= 0.3 is 5.90 Å². The van der Waals surface area contributed by atoms with E-state index in [1.54, 1.807) is 0 Å². The third kappa shape index (κ3) is 1.47. The molecule has 2 rings (SSSR count). The first-order valence-electron chi connectivity index (χ1n) is 4.59. The molecule has 0 aromatic rings. The van der Waals surface area contributed by atoms with Crippen molar-refractivity contribution in [2.45, 2.75) is 31.8 Å². The van der Waals surface area contributed by atoms with Gasteiger partial charge in [-0.1, -0.05) is 22.6 Å². The third-order valence-electron chi connectivity index (χ3n) is 2.59. The first kappa shape index (κ1) is 8.78. The van der Waals surface area contributed by atoms with Crippen molar-refractivity contribution in [3.63, 3.8) is 0 Å². The summed E-state index contributed by atoms with van der Waals surface area (Å²) in [4.78, 5) is 0. The second kappa shape index (κ2) is 3.16. The molecule has 68 valence electrons. The van der Waals surface area contributed by atoms with Gasteiger partial charge in [-0.3, -0.25) is 0 Å². The number of rotatable bonds is 1. The standard InChI is InChI=1S/C9H15INO/c1-9(6-10)7-11-5-3-2-4-8(11)12-9/h2-7H2,1H3/q+1. The van der Waals surface area contributed by atoms with Gasteiger partial charge in [0.15, 0.2) is 12.1 Å². The molecule has 2 heterocycles. The first-order valence-corrected chi connectivity index (χ1v) is 6.12. The van der Waals surface area contributed by atoms with Crippen molar-refractivity contribution in [3.05, 3.63) is 0 Å². The molecule has 0 fully saturated rings. The summed E-state index contributed by atoms with van der Waals surface area (Å²) in [6.45, 7) is 4.53. The van der Waals surface area contributed by atoms with Gasteiger partial charge in [-0.05, 0) is 13.3 Å². The van der Waals surface area contributed by atoms with Crippen molar-refractivity contribution >= 4 is 28.5 Å². The van der Waals surface area contributed by atoms with E-state index in [2.05, 4.69) is 34.1 Å². The zero-order valence-electron chi connectivity index (χ0n) is 7.48. The lowest BCUT2D eigenvalue weighted by Gasteiger charge is -2.15. The molecule has 1 atom stereocenters. The van der Waals surface area contributed by atoms with Crippen LogP contribution < -0.4 is 0 Å². The average molecular weight is 280 g/mol. The zero-order chi connectivity index (χ0) is 8.60. The van der Waals surface area contributed by atoms with E-state index in [0.29, 0.717) is 0 Å². The van der Waals surface area contributed by atoms with Gasteiger partial charge in [0, 0.05) is 10.8 Å².